The summed E-state index contributed by atoms with van der Waals surface area (Å²) in [4.78, 5) is 13.8. The zero-order chi connectivity index (χ0) is 14.9. The normalized spacial score (nSPS) is 24.2. The number of hydrazine groups is 1. The first-order chi connectivity index (χ1) is 9.42. The molecule has 0 amide bonds. The molecule has 0 saturated carbocycles. The molecule has 0 radical (unpaired) electrons. The van der Waals surface area contributed by atoms with Crippen LogP contribution in [0.5, 0.6) is 0 Å². The molecule has 20 heavy (non-hydrogen) atoms. The third-order valence-electron chi connectivity index (χ3n) is 4.08. The third-order valence-corrected chi connectivity index (χ3v) is 4.08. The van der Waals surface area contributed by atoms with Crippen LogP contribution in [-0.2, 0) is 0 Å². The van der Waals surface area contributed by atoms with E-state index in [0.717, 1.165) is 24.7 Å². The predicted molar refractivity (Wildman–Crippen MR) is 82.8 cm³/mol. The number of rotatable bonds is 3. The summed E-state index contributed by atoms with van der Waals surface area (Å²) >= 11 is 0. The molecular weight excluding hydrogens is 252 g/mol. The summed E-state index contributed by atoms with van der Waals surface area (Å²) in [6, 6.07) is 2.94. The molecule has 2 atom stereocenters. The highest BCUT2D eigenvalue weighted by Crippen LogP contribution is 2.23. The summed E-state index contributed by atoms with van der Waals surface area (Å²) in [5, 5.41) is 0. The molecule has 2 heterocycles. The predicted octanol–water partition coefficient (Wildman–Crippen LogP) is 1.41. The number of hydrogen-bond donors (Lipinski definition) is 2. The zero-order valence-electron chi connectivity index (χ0n) is 13.1. The molecule has 0 aromatic carbocycles. The summed E-state index contributed by atoms with van der Waals surface area (Å²) in [5.41, 5.74) is 2.64. The van der Waals surface area contributed by atoms with Crippen molar-refractivity contribution >= 4 is 11.6 Å². The first-order valence-electron chi connectivity index (χ1n) is 7.24. The van der Waals surface area contributed by atoms with Crippen LogP contribution in [0.1, 0.15) is 39.4 Å². The number of nitrogen functional groups attached to an aromatic ring is 1. The molecule has 1 fully saturated rings. The Bertz CT molecular complexity index is 449. The number of likely N-dealkylation sites (N-methyl/N-ethyl adjacent to an activating group) is 1. The van der Waals surface area contributed by atoms with E-state index in [4.69, 9.17) is 10.8 Å². The fourth-order valence-electron chi connectivity index (χ4n) is 2.54. The van der Waals surface area contributed by atoms with Crippen molar-refractivity contribution in [2.75, 3.05) is 30.5 Å². The second kappa shape index (κ2) is 5.93. The summed E-state index contributed by atoms with van der Waals surface area (Å²) in [5.74, 6) is 8.28. The second-order valence-corrected chi connectivity index (χ2v) is 6.04. The van der Waals surface area contributed by atoms with Crippen molar-refractivity contribution in [1.29, 1.82) is 0 Å². The van der Waals surface area contributed by atoms with Crippen LogP contribution < -0.4 is 16.2 Å². The van der Waals surface area contributed by atoms with E-state index < -0.39 is 0 Å². The number of hydrogen-bond acceptors (Lipinski definition) is 6. The lowest BCUT2D eigenvalue weighted by molar-refractivity contribution is 0.169. The lowest BCUT2D eigenvalue weighted by Gasteiger charge is -2.43. The highest BCUT2D eigenvalue weighted by molar-refractivity contribution is 5.49. The molecule has 1 aliphatic heterocycles. The van der Waals surface area contributed by atoms with Gasteiger partial charge in [-0.3, -0.25) is 4.90 Å². The third kappa shape index (κ3) is 3.02. The zero-order valence-corrected chi connectivity index (χ0v) is 13.1. The molecule has 1 aromatic rings. The van der Waals surface area contributed by atoms with Crippen molar-refractivity contribution in [3.63, 3.8) is 0 Å². The van der Waals surface area contributed by atoms with Crippen LogP contribution in [0.4, 0.5) is 11.6 Å². The van der Waals surface area contributed by atoms with E-state index in [1.165, 1.54) is 0 Å². The van der Waals surface area contributed by atoms with E-state index in [0.29, 0.717) is 17.9 Å². The molecule has 2 rings (SSSR count). The van der Waals surface area contributed by atoms with E-state index in [-0.39, 0.29) is 5.92 Å². The fourth-order valence-corrected chi connectivity index (χ4v) is 2.54. The van der Waals surface area contributed by atoms with Crippen LogP contribution in [0, 0.1) is 0 Å². The van der Waals surface area contributed by atoms with Crippen molar-refractivity contribution in [3.05, 3.63) is 11.9 Å². The Morgan fingerprint density at radius 2 is 1.85 bits per heavy atom. The Labute approximate surface area is 121 Å². The van der Waals surface area contributed by atoms with Gasteiger partial charge in [-0.1, -0.05) is 13.8 Å². The molecule has 1 saturated heterocycles. The minimum Gasteiger partial charge on any atom is -0.353 e. The van der Waals surface area contributed by atoms with Crippen LogP contribution in [0.25, 0.3) is 0 Å². The summed E-state index contributed by atoms with van der Waals surface area (Å²) in [6.45, 7) is 10.6. The number of nitrogens with zero attached hydrogens (tertiary/aromatic N) is 4. The lowest BCUT2D eigenvalue weighted by atomic mass is 10.1. The Kier molecular flexibility index (Phi) is 4.45. The summed E-state index contributed by atoms with van der Waals surface area (Å²) < 4.78 is 0. The van der Waals surface area contributed by atoms with Gasteiger partial charge in [0.05, 0.1) is 0 Å². The lowest BCUT2D eigenvalue weighted by Crippen LogP contribution is -2.55. The van der Waals surface area contributed by atoms with Gasteiger partial charge in [0.15, 0.2) is 0 Å². The van der Waals surface area contributed by atoms with Crippen molar-refractivity contribution in [3.8, 4) is 0 Å². The van der Waals surface area contributed by atoms with Gasteiger partial charge in [0.1, 0.15) is 17.5 Å². The van der Waals surface area contributed by atoms with Crippen molar-refractivity contribution in [1.82, 2.24) is 14.9 Å². The van der Waals surface area contributed by atoms with E-state index in [1.54, 1.807) is 0 Å². The number of nitrogens with one attached hydrogen (secondary N) is 1. The average Bonchev–Trinajstić information content (AvgIpc) is 2.43. The highest BCUT2D eigenvalue weighted by Gasteiger charge is 2.27. The molecular formula is C14H26N6. The highest BCUT2D eigenvalue weighted by atomic mass is 15.3. The Morgan fingerprint density at radius 1 is 1.25 bits per heavy atom. The SMILES string of the molecule is CC(C)c1nc(NN)cc(N2CC(C)N(C)C(C)C2)n1. The van der Waals surface area contributed by atoms with Crippen LogP contribution in [0.2, 0.25) is 0 Å². The standard InChI is InChI=1S/C14H26N6/c1-9(2)14-16-12(18-15)6-13(17-14)20-7-10(3)19(5)11(4)8-20/h6,9-11H,7-8,15H2,1-5H3,(H,16,17,18). The molecule has 0 spiro atoms. The van der Waals surface area contributed by atoms with Gasteiger partial charge in [-0.15, -0.1) is 0 Å². The maximum Gasteiger partial charge on any atom is 0.145 e. The summed E-state index contributed by atoms with van der Waals surface area (Å²) in [6.07, 6.45) is 0. The molecule has 2 unspecified atom stereocenters. The van der Waals surface area contributed by atoms with E-state index in [1.807, 2.05) is 6.07 Å². The molecule has 1 aromatic heterocycles. The maximum absolute atomic E-state index is 5.53. The van der Waals surface area contributed by atoms with E-state index in [2.05, 4.69) is 55.0 Å². The largest absolute Gasteiger partial charge is 0.353 e. The Balaban J connectivity index is 2.30. The van der Waals surface area contributed by atoms with Crippen molar-refractivity contribution in [2.45, 2.75) is 45.7 Å². The molecule has 6 heteroatoms. The first kappa shape index (κ1) is 15.0. The molecule has 0 bridgehead atoms. The minimum atomic E-state index is 0.282. The van der Waals surface area contributed by atoms with Crippen LogP contribution in [-0.4, -0.2) is 47.1 Å². The number of nitrogens with two attached hydrogens (primary N) is 1. The molecule has 0 aliphatic carbocycles. The number of anilines is 2. The molecule has 3 N–H and O–H groups in total. The Hall–Kier alpha value is -1.40. The average molecular weight is 278 g/mol. The summed E-state index contributed by atoms with van der Waals surface area (Å²) in [7, 11) is 2.18. The Morgan fingerprint density at radius 3 is 2.35 bits per heavy atom. The number of aromatic nitrogens is 2. The van der Waals surface area contributed by atoms with Crippen molar-refractivity contribution < 1.29 is 0 Å². The molecule has 6 nitrogen and oxygen atoms in total. The molecule has 1 aliphatic rings. The smallest absolute Gasteiger partial charge is 0.145 e. The van der Waals surface area contributed by atoms with Crippen LogP contribution in [0.15, 0.2) is 6.07 Å². The first-order valence-corrected chi connectivity index (χ1v) is 7.24. The number of piperazine rings is 1. The van der Waals surface area contributed by atoms with Crippen LogP contribution >= 0.6 is 0 Å². The van der Waals surface area contributed by atoms with Gasteiger partial charge in [0, 0.05) is 37.2 Å². The van der Waals surface area contributed by atoms with E-state index >= 15 is 0 Å². The topological polar surface area (TPSA) is 70.3 Å². The quantitative estimate of drug-likeness (QED) is 0.643. The maximum atomic E-state index is 5.53. The van der Waals surface area contributed by atoms with Gasteiger partial charge < -0.3 is 10.3 Å². The molecule has 112 valence electrons. The van der Waals surface area contributed by atoms with Gasteiger partial charge in [0.2, 0.25) is 0 Å². The van der Waals surface area contributed by atoms with Gasteiger partial charge >= 0.3 is 0 Å². The van der Waals surface area contributed by atoms with Gasteiger partial charge in [-0.25, -0.2) is 15.8 Å². The van der Waals surface area contributed by atoms with Crippen molar-refractivity contribution in [2.24, 2.45) is 5.84 Å². The minimum absolute atomic E-state index is 0.282. The van der Waals surface area contributed by atoms with E-state index in [9.17, 15) is 0 Å². The van der Waals surface area contributed by atoms with Gasteiger partial charge in [0.25, 0.3) is 0 Å². The second-order valence-electron chi connectivity index (χ2n) is 6.04. The fraction of sp³-hybridized carbons (Fsp3) is 0.714. The van der Waals surface area contributed by atoms with Gasteiger partial charge in [-0.2, -0.15) is 0 Å². The monoisotopic (exact) mass is 278 g/mol. The van der Waals surface area contributed by atoms with Gasteiger partial charge in [-0.05, 0) is 20.9 Å². The van der Waals surface area contributed by atoms with Crippen LogP contribution in [0.3, 0.4) is 0 Å².